The van der Waals surface area contributed by atoms with Crippen LogP contribution in [-0.2, 0) is 11.3 Å². The smallest absolute Gasteiger partial charge is 0.254 e. The van der Waals surface area contributed by atoms with Gasteiger partial charge in [0.15, 0.2) is 5.13 Å². The largest absolute Gasteiger partial charge is 0.375 e. The summed E-state index contributed by atoms with van der Waals surface area (Å²) in [5.74, 6) is -2.68. The highest BCUT2D eigenvalue weighted by Crippen LogP contribution is 2.24. The Morgan fingerprint density at radius 1 is 1.00 bits per heavy atom. The van der Waals surface area contributed by atoms with Gasteiger partial charge in [-0.3, -0.25) is 14.6 Å². The van der Waals surface area contributed by atoms with Crippen molar-refractivity contribution in [3.63, 3.8) is 0 Å². The Kier molecular flexibility index (Phi) is 6.88. The van der Waals surface area contributed by atoms with Crippen molar-refractivity contribution in [3.8, 4) is 11.3 Å². The second-order valence-electron chi connectivity index (χ2n) is 7.29. The lowest BCUT2D eigenvalue weighted by Gasteiger charge is -2.23. The maximum Gasteiger partial charge on any atom is 0.254 e. The predicted octanol–water partition coefficient (Wildman–Crippen LogP) is 4.35. The van der Waals surface area contributed by atoms with Crippen LogP contribution < -0.4 is 11.1 Å². The van der Waals surface area contributed by atoms with Gasteiger partial charge in [-0.1, -0.05) is 18.2 Å². The van der Waals surface area contributed by atoms with E-state index >= 15 is 0 Å². The van der Waals surface area contributed by atoms with Gasteiger partial charge in [0, 0.05) is 40.2 Å². The summed E-state index contributed by atoms with van der Waals surface area (Å²) in [4.78, 5) is 34.9. The first kappa shape index (κ1) is 23.0. The van der Waals surface area contributed by atoms with E-state index in [0.717, 1.165) is 28.3 Å². The van der Waals surface area contributed by atoms with Gasteiger partial charge in [0.2, 0.25) is 5.91 Å². The van der Waals surface area contributed by atoms with Crippen molar-refractivity contribution in [2.45, 2.75) is 6.54 Å². The molecule has 0 unspecified atom stereocenters. The van der Waals surface area contributed by atoms with E-state index in [1.165, 1.54) is 41.9 Å². The monoisotopic (exact) mass is 479 g/mol. The number of anilines is 2. The van der Waals surface area contributed by atoms with Crippen molar-refractivity contribution >= 4 is 34.0 Å². The van der Waals surface area contributed by atoms with Crippen molar-refractivity contribution in [2.24, 2.45) is 0 Å². The number of nitrogens with one attached hydrogen (secondary N) is 1. The molecule has 2 amide bonds. The molecule has 0 spiro atoms. The number of carbonyl (C=O) groups excluding carboxylic acids is 2. The Bertz CT molecular complexity index is 1290. The summed E-state index contributed by atoms with van der Waals surface area (Å²) in [5, 5.41) is 4.99. The molecule has 0 saturated heterocycles. The van der Waals surface area contributed by atoms with E-state index in [4.69, 9.17) is 5.73 Å². The summed E-state index contributed by atoms with van der Waals surface area (Å²) < 4.78 is 28.5. The van der Waals surface area contributed by atoms with Gasteiger partial charge in [-0.15, -0.1) is 11.3 Å². The first-order valence-corrected chi connectivity index (χ1v) is 11.0. The number of thiazole rings is 1. The third-order valence-corrected chi connectivity index (χ3v) is 5.62. The molecule has 2 aromatic carbocycles. The van der Waals surface area contributed by atoms with Crippen LogP contribution in [0.2, 0.25) is 0 Å². The number of nitrogens with zero attached hydrogens (tertiary/aromatic N) is 3. The Morgan fingerprint density at radius 2 is 1.68 bits per heavy atom. The number of amides is 2. The molecule has 3 N–H and O–H groups in total. The number of nitrogens with two attached hydrogens (primary N) is 1. The van der Waals surface area contributed by atoms with E-state index in [0.29, 0.717) is 10.8 Å². The molecule has 2 aromatic heterocycles. The lowest BCUT2D eigenvalue weighted by Crippen LogP contribution is -2.38. The molecule has 34 heavy (non-hydrogen) atoms. The molecule has 0 aliphatic heterocycles. The summed E-state index contributed by atoms with van der Waals surface area (Å²) >= 11 is 1.33. The van der Waals surface area contributed by atoms with Crippen LogP contribution in [0.15, 0.2) is 72.4 Å². The first-order valence-electron chi connectivity index (χ1n) is 10.1. The molecule has 4 aromatic rings. The quantitative estimate of drug-likeness (QED) is 0.411. The fourth-order valence-electron chi connectivity index (χ4n) is 3.27. The zero-order valence-electron chi connectivity index (χ0n) is 17.7. The minimum absolute atomic E-state index is 0.242. The molecule has 0 saturated carbocycles. The van der Waals surface area contributed by atoms with Crippen molar-refractivity contribution in [2.75, 3.05) is 17.6 Å². The standard InChI is InChI=1S/C24H19F2N5O2S/c25-19-2-1-3-20(26)18(19)12-31(23(33)16-8-10-28-11-9-16)13-22(32)29-17-6-4-15(5-7-17)21-14-34-24(27)30-21/h1-11,14H,12-13H2,(H2,27,30)(H,29,32). The molecule has 10 heteroatoms. The fourth-order valence-corrected chi connectivity index (χ4v) is 3.84. The molecular weight excluding hydrogens is 460 g/mol. The number of halogens is 2. The Morgan fingerprint density at radius 3 is 2.29 bits per heavy atom. The maximum absolute atomic E-state index is 14.2. The molecule has 0 atom stereocenters. The minimum atomic E-state index is -0.800. The van der Waals surface area contributed by atoms with Gasteiger partial charge in [-0.2, -0.15) is 0 Å². The third kappa shape index (κ3) is 5.41. The first-order chi connectivity index (χ1) is 16.4. The maximum atomic E-state index is 14.2. The zero-order chi connectivity index (χ0) is 24.1. The third-order valence-electron chi connectivity index (χ3n) is 4.95. The topological polar surface area (TPSA) is 101 Å². The molecule has 0 bridgehead atoms. The van der Waals surface area contributed by atoms with Crippen LogP contribution in [-0.4, -0.2) is 33.2 Å². The van der Waals surface area contributed by atoms with Gasteiger partial charge >= 0.3 is 0 Å². The van der Waals surface area contributed by atoms with Gasteiger partial charge in [-0.25, -0.2) is 13.8 Å². The van der Waals surface area contributed by atoms with E-state index < -0.39 is 36.5 Å². The van der Waals surface area contributed by atoms with Gasteiger partial charge < -0.3 is 16.0 Å². The zero-order valence-corrected chi connectivity index (χ0v) is 18.6. The number of benzene rings is 2. The second-order valence-corrected chi connectivity index (χ2v) is 8.18. The van der Waals surface area contributed by atoms with Crippen LogP contribution >= 0.6 is 11.3 Å². The summed E-state index contributed by atoms with van der Waals surface area (Å²) in [5.41, 5.74) is 7.65. The molecule has 2 heterocycles. The molecule has 4 rings (SSSR count). The number of aromatic nitrogens is 2. The molecule has 0 fully saturated rings. The average Bonchev–Trinajstić information content (AvgIpc) is 3.27. The van der Waals surface area contributed by atoms with E-state index in [2.05, 4.69) is 15.3 Å². The van der Waals surface area contributed by atoms with Gasteiger partial charge in [0.25, 0.3) is 5.91 Å². The lowest BCUT2D eigenvalue weighted by atomic mass is 10.1. The van der Waals surface area contributed by atoms with Gasteiger partial charge in [-0.05, 0) is 36.4 Å². The number of hydrogen-bond donors (Lipinski definition) is 2. The Labute approximate surface area is 197 Å². The van der Waals surface area contributed by atoms with Crippen molar-refractivity contribution in [3.05, 3.63) is 95.1 Å². The lowest BCUT2D eigenvalue weighted by molar-refractivity contribution is -0.117. The van der Waals surface area contributed by atoms with Crippen LogP contribution in [0.4, 0.5) is 19.6 Å². The minimum Gasteiger partial charge on any atom is -0.375 e. The van der Waals surface area contributed by atoms with E-state index in [-0.39, 0.29) is 11.1 Å². The number of rotatable bonds is 7. The molecule has 0 radical (unpaired) electrons. The number of pyridine rings is 1. The average molecular weight is 480 g/mol. The number of carbonyl (C=O) groups is 2. The number of nitrogen functional groups attached to an aromatic ring is 1. The molecule has 0 aliphatic carbocycles. The normalized spacial score (nSPS) is 10.6. The summed E-state index contributed by atoms with van der Waals surface area (Å²) in [6.45, 7) is -0.837. The molecule has 7 nitrogen and oxygen atoms in total. The van der Waals surface area contributed by atoms with Crippen molar-refractivity contribution < 1.29 is 18.4 Å². The van der Waals surface area contributed by atoms with Crippen LogP contribution in [0.25, 0.3) is 11.3 Å². The highest BCUT2D eigenvalue weighted by atomic mass is 32.1. The molecule has 0 aliphatic rings. The summed E-state index contributed by atoms with van der Waals surface area (Å²) in [6, 6.07) is 13.3. The SMILES string of the molecule is Nc1nc(-c2ccc(NC(=O)CN(Cc3c(F)cccc3F)C(=O)c3ccncc3)cc2)cs1. The molecular formula is C24H19F2N5O2S. The summed E-state index contributed by atoms with van der Waals surface area (Å²) in [6.07, 6.45) is 2.85. The highest BCUT2D eigenvalue weighted by Gasteiger charge is 2.22. The van der Waals surface area contributed by atoms with Gasteiger partial charge in [0.05, 0.1) is 12.2 Å². The van der Waals surface area contributed by atoms with E-state index in [1.807, 2.05) is 5.38 Å². The molecule has 172 valence electrons. The predicted molar refractivity (Wildman–Crippen MR) is 126 cm³/mol. The van der Waals surface area contributed by atoms with Crippen LogP contribution in [0.3, 0.4) is 0 Å². The van der Waals surface area contributed by atoms with E-state index in [9.17, 15) is 18.4 Å². The highest BCUT2D eigenvalue weighted by molar-refractivity contribution is 7.13. The van der Waals surface area contributed by atoms with Gasteiger partial charge in [0.1, 0.15) is 18.2 Å². The van der Waals surface area contributed by atoms with Crippen LogP contribution in [0.1, 0.15) is 15.9 Å². The second kappa shape index (κ2) is 10.2. The van der Waals surface area contributed by atoms with E-state index in [1.54, 1.807) is 24.3 Å². The van der Waals surface area contributed by atoms with Crippen molar-refractivity contribution in [1.29, 1.82) is 0 Å². The Balaban J connectivity index is 1.51. The Hall–Kier alpha value is -4.18. The fraction of sp³-hybridized carbons (Fsp3) is 0.0833. The van der Waals surface area contributed by atoms with Crippen molar-refractivity contribution in [1.82, 2.24) is 14.9 Å². The number of hydrogen-bond acceptors (Lipinski definition) is 6. The van der Waals surface area contributed by atoms with Crippen LogP contribution in [0.5, 0.6) is 0 Å². The van der Waals surface area contributed by atoms with Crippen LogP contribution in [0, 0.1) is 11.6 Å². The summed E-state index contributed by atoms with van der Waals surface area (Å²) in [7, 11) is 0.